The van der Waals surface area contributed by atoms with Crippen molar-refractivity contribution in [3.8, 4) is 0 Å². The summed E-state index contributed by atoms with van der Waals surface area (Å²) >= 11 is 1.12. The molecule has 2 N–H and O–H groups in total. The van der Waals surface area contributed by atoms with E-state index < -0.39 is 15.8 Å². The molecule has 10 heteroatoms. The van der Waals surface area contributed by atoms with Crippen LogP contribution in [0.1, 0.15) is 19.5 Å². The van der Waals surface area contributed by atoms with E-state index >= 15 is 0 Å². The second-order valence-electron chi connectivity index (χ2n) is 4.50. The van der Waals surface area contributed by atoms with E-state index in [0.29, 0.717) is 18.1 Å². The van der Waals surface area contributed by atoms with Crippen molar-refractivity contribution in [1.29, 1.82) is 0 Å². The van der Waals surface area contributed by atoms with Gasteiger partial charge in [0, 0.05) is 24.6 Å². The predicted molar refractivity (Wildman–Crippen MR) is 87.8 cm³/mol. The molecule has 124 valence electrons. The quantitative estimate of drug-likeness (QED) is 0.623. The number of hydrogen-bond acceptors (Lipinski definition) is 6. The summed E-state index contributed by atoms with van der Waals surface area (Å²) in [6.45, 7) is 5.31. The first-order chi connectivity index (χ1) is 10.9. The molecular weight excluding hydrogens is 341 g/mol. The van der Waals surface area contributed by atoms with Crippen LogP contribution >= 0.6 is 11.5 Å². The number of amidine groups is 1. The van der Waals surface area contributed by atoms with E-state index in [-0.39, 0.29) is 16.4 Å². The average Bonchev–Trinajstić information content (AvgIpc) is 2.98. The lowest BCUT2D eigenvalue weighted by atomic mass is 10.4. The van der Waals surface area contributed by atoms with Crippen LogP contribution < -0.4 is 10.6 Å². The molecule has 0 unspecified atom stereocenters. The standard InChI is InChI=1S/C13H16FN5O2S2/c1-3-19(4-2)13-11(16-18-22-13)12(15)17-23(20,21)10-7-5-9(14)6-8-10/h5-8H,3-4H2,1-2H3,(H2,15,17). The summed E-state index contributed by atoms with van der Waals surface area (Å²) in [5.74, 6) is -0.779. The Bertz CT molecular complexity index is 798. The van der Waals surface area contributed by atoms with Crippen molar-refractivity contribution in [2.75, 3.05) is 18.0 Å². The van der Waals surface area contributed by atoms with Gasteiger partial charge in [0.15, 0.2) is 11.5 Å². The van der Waals surface area contributed by atoms with Gasteiger partial charge in [-0.25, -0.2) is 4.39 Å². The highest BCUT2D eigenvalue weighted by atomic mass is 32.2. The molecule has 2 aromatic rings. The first kappa shape index (κ1) is 17.3. The van der Waals surface area contributed by atoms with E-state index in [1.54, 1.807) is 0 Å². The van der Waals surface area contributed by atoms with Crippen molar-refractivity contribution < 1.29 is 12.8 Å². The lowest BCUT2D eigenvalue weighted by Crippen LogP contribution is -2.25. The fourth-order valence-electron chi connectivity index (χ4n) is 1.90. The lowest BCUT2D eigenvalue weighted by Gasteiger charge is -2.18. The van der Waals surface area contributed by atoms with Crippen LogP contribution in [-0.4, -0.2) is 36.9 Å². The predicted octanol–water partition coefficient (Wildman–Crippen LogP) is 1.62. The van der Waals surface area contributed by atoms with Crippen molar-refractivity contribution in [2.24, 2.45) is 10.1 Å². The van der Waals surface area contributed by atoms with Gasteiger partial charge in [-0.1, -0.05) is 4.49 Å². The van der Waals surface area contributed by atoms with Crippen LogP contribution in [0.25, 0.3) is 0 Å². The van der Waals surface area contributed by atoms with Crippen LogP contribution in [0.4, 0.5) is 9.39 Å². The minimum Gasteiger partial charge on any atom is -0.381 e. The number of anilines is 1. The second-order valence-corrected chi connectivity index (χ2v) is 6.84. The van der Waals surface area contributed by atoms with Crippen LogP contribution in [0.5, 0.6) is 0 Å². The highest BCUT2D eigenvalue weighted by Crippen LogP contribution is 2.23. The fraction of sp³-hybridized carbons (Fsp3) is 0.308. The molecule has 23 heavy (non-hydrogen) atoms. The van der Waals surface area contributed by atoms with E-state index in [9.17, 15) is 12.8 Å². The van der Waals surface area contributed by atoms with E-state index in [0.717, 1.165) is 35.8 Å². The van der Waals surface area contributed by atoms with Gasteiger partial charge < -0.3 is 10.6 Å². The summed E-state index contributed by atoms with van der Waals surface area (Å²) in [5.41, 5.74) is 6.04. The van der Waals surface area contributed by atoms with Crippen molar-refractivity contribution in [3.05, 3.63) is 35.8 Å². The van der Waals surface area contributed by atoms with Crippen LogP contribution in [0.3, 0.4) is 0 Å². The molecule has 0 aliphatic carbocycles. The molecule has 1 heterocycles. The Hall–Kier alpha value is -2.07. The molecular formula is C13H16FN5O2S2. The first-order valence-electron chi connectivity index (χ1n) is 6.82. The zero-order chi connectivity index (χ0) is 17.0. The molecule has 0 saturated heterocycles. The molecule has 7 nitrogen and oxygen atoms in total. The Morgan fingerprint density at radius 2 is 1.91 bits per heavy atom. The van der Waals surface area contributed by atoms with E-state index in [1.807, 2.05) is 18.7 Å². The summed E-state index contributed by atoms with van der Waals surface area (Å²) in [6.07, 6.45) is 0. The lowest BCUT2D eigenvalue weighted by molar-refractivity contribution is 0.596. The fourth-order valence-corrected chi connectivity index (χ4v) is 3.63. The van der Waals surface area contributed by atoms with Gasteiger partial charge in [-0.2, -0.15) is 8.42 Å². The van der Waals surface area contributed by atoms with Gasteiger partial charge >= 0.3 is 0 Å². The molecule has 0 aliphatic heterocycles. The average molecular weight is 357 g/mol. The normalized spacial score (nSPS) is 12.4. The number of sulfonamides is 1. The van der Waals surface area contributed by atoms with Crippen LogP contribution in [0.15, 0.2) is 33.6 Å². The summed E-state index contributed by atoms with van der Waals surface area (Å²) in [4.78, 5) is 1.81. The molecule has 0 spiro atoms. The molecule has 0 atom stereocenters. The molecule has 0 fully saturated rings. The molecule has 0 aliphatic rings. The van der Waals surface area contributed by atoms with Crippen molar-refractivity contribution in [3.63, 3.8) is 0 Å². The Morgan fingerprint density at radius 1 is 1.30 bits per heavy atom. The Kier molecular flexibility index (Phi) is 5.26. The third-order valence-corrected chi connectivity index (χ3v) is 5.19. The van der Waals surface area contributed by atoms with Gasteiger partial charge in [0.25, 0.3) is 10.0 Å². The van der Waals surface area contributed by atoms with Crippen molar-refractivity contribution >= 4 is 32.4 Å². The molecule has 0 radical (unpaired) electrons. The SMILES string of the molecule is CCN(CC)c1snnc1/C(N)=N/S(=O)(=O)c1ccc(F)cc1. The monoisotopic (exact) mass is 357 g/mol. The topological polar surface area (TPSA) is 102 Å². The van der Waals surface area contributed by atoms with Crippen molar-refractivity contribution in [1.82, 2.24) is 9.59 Å². The Balaban J connectivity index is 2.40. The molecule has 1 aromatic heterocycles. The number of rotatable bonds is 6. The van der Waals surface area contributed by atoms with Gasteiger partial charge in [0.1, 0.15) is 10.8 Å². The first-order valence-corrected chi connectivity index (χ1v) is 9.04. The maximum atomic E-state index is 12.9. The number of halogens is 1. The number of aromatic nitrogens is 2. The van der Waals surface area contributed by atoms with E-state index in [4.69, 9.17) is 5.73 Å². The summed E-state index contributed by atoms with van der Waals surface area (Å²) in [7, 11) is -4.04. The summed E-state index contributed by atoms with van der Waals surface area (Å²) in [5, 5.41) is 4.53. The van der Waals surface area contributed by atoms with Gasteiger partial charge in [0.2, 0.25) is 0 Å². The van der Waals surface area contributed by atoms with Crippen molar-refractivity contribution in [2.45, 2.75) is 18.7 Å². The van der Waals surface area contributed by atoms with Gasteiger partial charge in [-0.05, 0) is 38.1 Å². The smallest absolute Gasteiger partial charge is 0.284 e. The Labute approximate surface area is 137 Å². The second kappa shape index (κ2) is 7.01. The number of benzene rings is 1. The summed E-state index contributed by atoms with van der Waals surface area (Å²) in [6, 6.07) is 4.35. The maximum absolute atomic E-state index is 12.9. The highest BCUT2D eigenvalue weighted by molar-refractivity contribution is 7.90. The summed E-state index contributed by atoms with van der Waals surface area (Å²) < 4.78 is 44.7. The number of nitrogens with two attached hydrogens (primary N) is 1. The molecule has 0 bridgehead atoms. The van der Waals surface area contributed by atoms with E-state index in [2.05, 4.69) is 14.0 Å². The largest absolute Gasteiger partial charge is 0.381 e. The molecule has 1 aromatic carbocycles. The number of nitrogens with zero attached hydrogens (tertiary/aromatic N) is 4. The minimum absolute atomic E-state index is 0.144. The third kappa shape index (κ3) is 3.82. The third-order valence-electron chi connectivity index (χ3n) is 3.09. The zero-order valence-corrected chi connectivity index (χ0v) is 14.2. The van der Waals surface area contributed by atoms with Crippen LogP contribution in [-0.2, 0) is 10.0 Å². The zero-order valence-electron chi connectivity index (χ0n) is 12.6. The van der Waals surface area contributed by atoms with Crippen LogP contribution in [0, 0.1) is 5.82 Å². The van der Waals surface area contributed by atoms with E-state index in [1.165, 1.54) is 0 Å². The maximum Gasteiger partial charge on any atom is 0.284 e. The van der Waals surface area contributed by atoms with Gasteiger partial charge in [-0.3, -0.25) is 0 Å². The van der Waals surface area contributed by atoms with Gasteiger partial charge in [-0.15, -0.1) is 9.50 Å². The number of hydrogen-bond donors (Lipinski definition) is 1. The molecule has 0 amide bonds. The molecule has 2 rings (SSSR count). The van der Waals surface area contributed by atoms with Gasteiger partial charge in [0.05, 0.1) is 4.90 Å². The highest BCUT2D eigenvalue weighted by Gasteiger charge is 2.20. The Morgan fingerprint density at radius 3 is 2.48 bits per heavy atom. The minimum atomic E-state index is -4.04. The van der Waals surface area contributed by atoms with Crippen LogP contribution in [0.2, 0.25) is 0 Å². The molecule has 0 saturated carbocycles.